The number of aliphatic hydroxyl groups is 1. The number of aromatic amines is 2. The number of rotatable bonds is 13. The Hall–Kier alpha value is -4.19. The third kappa shape index (κ3) is 7.22. The predicted molar refractivity (Wildman–Crippen MR) is 173 cm³/mol. The Bertz CT molecular complexity index is 1610. The third-order valence-corrected chi connectivity index (χ3v) is 9.48. The van der Waals surface area contributed by atoms with E-state index in [1.807, 2.05) is 40.7 Å². The second kappa shape index (κ2) is 13.8. The highest BCUT2D eigenvalue weighted by Crippen LogP contribution is 2.35. The monoisotopic (exact) mass is 638 g/mol. The Balaban J connectivity index is 1.75. The molecule has 0 saturated carbocycles. The van der Waals surface area contributed by atoms with Crippen LogP contribution in [0.3, 0.4) is 0 Å². The van der Waals surface area contributed by atoms with Gasteiger partial charge in [-0.1, -0.05) is 13.8 Å². The van der Waals surface area contributed by atoms with E-state index in [0.717, 1.165) is 62.6 Å². The van der Waals surface area contributed by atoms with Gasteiger partial charge in [-0.15, -0.1) is 0 Å². The van der Waals surface area contributed by atoms with Crippen molar-refractivity contribution >= 4 is 42.5 Å². The van der Waals surface area contributed by atoms with Crippen LogP contribution < -0.4 is 10.6 Å². The number of carbonyl (C=O) groups excluding carboxylic acids is 2. The van der Waals surface area contributed by atoms with Gasteiger partial charge >= 0.3 is 11.9 Å². The molecule has 4 atom stereocenters. The number of aliphatic hydroxyl groups excluding tert-OH is 1. The van der Waals surface area contributed by atoms with Gasteiger partial charge in [0.1, 0.15) is 0 Å². The van der Waals surface area contributed by atoms with E-state index in [0.29, 0.717) is 31.3 Å². The van der Waals surface area contributed by atoms with Gasteiger partial charge in [0.2, 0.25) is 5.91 Å². The minimum atomic E-state index is -0.919. The topological polar surface area (TPSA) is 185 Å². The number of H-pyrrole nitrogens is 2. The number of carboxylic acids is 2. The van der Waals surface area contributed by atoms with Crippen molar-refractivity contribution in [2.24, 2.45) is 11.8 Å². The fraction of sp³-hybridized carbons (Fsp3) is 0.455. The molecule has 45 heavy (non-hydrogen) atoms. The molecule has 2 aromatic heterocycles. The Morgan fingerprint density at radius 2 is 1.56 bits per heavy atom. The van der Waals surface area contributed by atoms with Gasteiger partial charge in [0, 0.05) is 76.8 Å². The van der Waals surface area contributed by atoms with Crippen LogP contribution in [-0.2, 0) is 44.9 Å². The van der Waals surface area contributed by atoms with Crippen molar-refractivity contribution in [2.45, 2.75) is 84.4 Å². The molecule has 4 rings (SSSR count). The number of carbonyl (C=O) groups is 4. The van der Waals surface area contributed by atoms with E-state index in [4.69, 9.17) is 0 Å². The first-order valence-electron chi connectivity index (χ1n) is 15.1. The summed E-state index contributed by atoms with van der Waals surface area (Å²) < 4.78 is 0. The van der Waals surface area contributed by atoms with Gasteiger partial charge in [-0.2, -0.15) is 12.6 Å². The summed E-state index contributed by atoms with van der Waals surface area (Å²) in [5.74, 6) is -2.51. The van der Waals surface area contributed by atoms with E-state index < -0.39 is 11.9 Å². The lowest BCUT2D eigenvalue weighted by atomic mass is 9.91. The first-order valence-corrected chi connectivity index (χ1v) is 15.6. The number of aromatic nitrogens is 2. The SMILES string of the molecule is CC1=C(C=CO)C(=O)N[C@@H]1Cc1[nH]c(Cc2[nH]c(/C=C3\NC(=O)[C@H](C)[C@H]3[C@@H](C)S)c(C)c2CCC(=O)O)c(CCC(=O)O)c1C. The quantitative estimate of drug-likeness (QED) is 0.120. The second-order valence-electron chi connectivity index (χ2n) is 12.1. The molecule has 1 saturated heterocycles. The summed E-state index contributed by atoms with van der Waals surface area (Å²) in [6.45, 7) is 9.52. The van der Waals surface area contributed by atoms with Crippen molar-refractivity contribution < 1.29 is 34.5 Å². The summed E-state index contributed by atoms with van der Waals surface area (Å²) in [6, 6.07) is -0.301. The molecule has 242 valence electrons. The summed E-state index contributed by atoms with van der Waals surface area (Å²) in [6.07, 6.45) is 5.39. The molecular formula is C33H42N4O7S. The van der Waals surface area contributed by atoms with Crippen molar-refractivity contribution in [2.75, 3.05) is 0 Å². The van der Waals surface area contributed by atoms with E-state index >= 15 is 0 Å². The highest BCUT2D eigenvalue weighted by Gasteiger charge is 2.38. The average molecular weight is 639 g/mol. The fourth-order valence-electron chi connectivity index (χ4n) is 6.59. The van der Waals surface area contributed by atoms with Crippen molar-refractivity contribution in [3.8, 4) is 0 Å². The molecule has 0 spiro atoms. The normalized spacial score (nSPS) is 21.6. The molecule has 1 fully saturated rings. The molecule has 12 heteroatoms. The lowest BCUT2D eigenvalue weighted by molar-refractivity contribution is -0.138. The van der Waals surface area contributed by atoms with E-state index in [1.54, 1.807) is 0 Å². The molecule has 11 nitrogen and oxygen atoms in total. The van der Waals surface area contributed by atoms with Crippen LogP contribution in [-0.4, -0.2) is 60.3 Å². The fourth-order valence-corrected chi connectivity index (χ4v) is 7.01. The summed E-state index contributed by atoms with van der Waals surface area (Å²) in [4.78, 5) is 55.1. The first-order chi connectivity index (χ1) is 21.2. The van der Waals surface area contributed by atoms with Gasteiger partial charge in [0.15, 0.2) is 0 Å². The zero-order valence-corrected chi connectivity index (χ0v) is 27.1. The highest BCUT2D eigenvalue weighted by atomic mass is 32.1. The van der Waals surface area contributed by atoms with Crippen LogP contribution in [0.25, 0.3) is 6.08 Å². The van der Waals surface area contributed by atoms with Crippen molar-refractivity contribution in [3.63, 3.8) is 0 Å². The van der Waals surface area contributed by atoms with Gasteiger partial charge in [-0.3, -0.25) is 19.2 Å². The van der Waals surface area contributed by atoms with Crippen LogP contribution in [0.1, 0.15) is 78.6 Å². The molecule has 0 aromatic carbocycles. The Labute approximate surface area is 267 Å². The molecular weight excluding hydrogens is 596 g/mol. The summed E-state index contributed by atoms with van der Waals surface area (Å²) >= 11 is 4.62. The zero-order valence-electron chi connectivity index (χ0n) is 26.2. The van der Waals surface area contributed by atoms with Gasteiger partial charge < -0.3 is 35.9 Å². The van der Waals surface area contributed by atoms with Crippen LogP contribution in [0.2, 0.25) is 0 Å². The molecule has 0 aliphatic carbocycles. The number of thiol groups is 1. The minimum Gasteiger partial charge on any atom is -0.516 e. The maximum absolute atomic E-state index is 12.5. The predicted octanol–water partition coefficient (Wildman–Crippen LogP) is 4.06. The van der Waals surface area contributed by atoms with Gasteiger partial charge in [-0.25, -0.2) is 0 Å². The molecule has 4 heterocycles. The number of hydrogen-bond acceptors (Lipinski definition) is 6. The summed E-state index contributed by atoms with van der Waals surface area (Å²) in [5.41, 5.74) is 8.72. The van der Waals surface area contributed by atoms with Crippen LogP contribution in [0, 0.1) is 25.7 Å². The van der Waals surface area contributed by atoms with E-state index in [2.05, 4.69) is 33.2 Å². The highest BCUT2D eigenvalue weighted by molar-refractivity contribution is 7.80. The molecule has 2 aromatic rings. The standard InChI is InChI=1S/C33H42N4O7S/c1-15-20(6-8-29(39)40)26(34-23(15)12-25-17(3)22(10-11-38)33(44)36-25)14-27-21(7-9-30(41)42)16(2)24(35-27)13-28-31(19(5)45)18(4)32(43)37-28/h10-11,13,18-19,25,31,34-35,38,45H,6-9,12,14H2,1-5H3,(H,36,44)(H,37,43)(H,39,40)(H,41,42)/b11-10?,28-13-/t18-,19-,25-,31+/m1/s1. The van der Waals surface area contributed by atoms with Gasteiger partial charge in [0.05, 0.1) is 12.3 Å². The van der Waals surface area contributed by atoms with Gasteiger partial charge in [0.25, 0.3) is 5.91 Å². The van der Waals surface area contributed by atoms with Crippen LogP contribution in [0.5, 0.6) is 0 Å². The number of nitrogens with one attached hydrogen (secondary N) is 4. The second-order valence-corrected chi connectivity index (χ2v) is 12.9. The maximum Gasteiger partial charge on any atom is 0.303 e. The molecule has 0 unspecified atom stereocenters. The van der Waals surface area contributed by atoms with Crippen LogP contribution in [0.15, 0.2) is 29.2 Å². The van der Waals surface area contributed by atoms with Crippen LogP contribution in [0.4, 0.5) is 0 Å². The van der Waals surface area contributed by atoms with Crippen molar-refractivity contribution in [3.05, 3.63) is 74.2 Å². The first kappa shape index (κ1) is 33.7. The zero-order chi connectivity index (χ0) is 33.2. The molecule has 2 amide bonds. The van der Waals surface area contributed by atoms with E-state index in [9.17, 15) is 34.5 Å². The number of carboxylic acid groups (broad SMARTS) is 2. The smallest absolute Gasteiger partial charge is 0.303 e. The Kier molecular flexibility index (Phi) is 10.4. The molecule has 0 radical (unpaired) electrons. The number of amides is 2. The molecule has 2 aliphatic heterocycles. The molecule has 0 bridgehead atoms. The average Bonchev–Trinajstić information content (AvgIpc) is 3.60. The molecule has 7 N–H and O–H groups in total. The Morgan fingerprint density at radius 1 is 0.956 bits per heavy atom. The summed E-state index contributed by atoms with van der Waals surface area (Å²) in [7, 11) is 0. The largest absolute Gasteiger partial charge is 0.516 e. The third-order valence-electron chi connectivity index (χ3n) is 9.15. The number of hydrogen-bond donors (Lipinski definition) is 8. The molecule has 2 aliphatic rings. The van der Waals surface area contributed by atoms with Gasteiger partial charge in [-0.05, 0) is 73.6 Å². The lowest BCUT2D eigenvalue weighted by Crippen LogP contribution is -2.30. The minimum absolute atomic E-state index is 0.0652. The van der Waals surface area contributed by atoms with Crippen molar-refractivity contribution in [1.82, 2.24) is 20.6 Å². The van der Waals surface area contributed by atoms with Crippen LogP contribution >= 0.6 is 12.6 Å². The summed E-state index contributed by atoms with van der Waals surface area (Å²) in [5, 5.41) is 34.0. The van der Waals surface area contributed by atoms with E-state index in [1.165, 1.54) is 6.08 Å². The van der Waals surface area contributed by atoms with Crippen molar-refractivity contribution in [1.29, 1.82) is 0 Å². The maximum atomic E-state index is 12.5. The number of aliphatic carboxylic acids is 2. The van der Waals surface area contributed by atoms with E-state index in [-0.39, 0.29) is 47.8 Å². The lowest BCUT2D eigenvalue weighted by Gasteiger charge is -2.17. The number of allylic oxidation sites excluding steroid dienone is 1. The Morgan fingerprint density at radius 3 is 2.13 bits per heavy atom.